The number of benzene rings is 2. The second-order valence-corrected chi connectivity index (χ2v) is 7.36. The number of hydrogen-bond donors (Lipinski definition) is 1. The fourth-order valence-electron chi connectivity index (χ4n) is 3.04. The Kier molecular flexibility index (Phi) is 6.88. The summed E-state index contributed by atoms with van der Waals surface area (Å²) in [6.07, 6.45) is 0. The van der Waals surface area contributed by atoms with Gasteiger partial charge in [-0.2, -0.15) is 0 Å². The van der Waals surface area contributed by atoms with Crippen LogP contribution in [0.25, 0.3) is 0 Å². The molecule has 5 nitrogen and oxygen atoms in total. The van der Waals surface area contributed by atoms with Gasteiger partial charge in [0.25, 0.3) is 11.8 Å². The van der Waals surface area contributed by atoms with E-state index >= 15 is 0 Å². The summed E-state index contributed by atoms with van der Waals surface area (Å²) in [6.45, 7) is 3.75. The molecule has 1 heterocycles. The van der Waals surface area contributed by atoms with E-state index in [9.17, 15) is 14.0 Å². The van der Waals surface area contributed by atoms with Gasteiger partial charge in [-0.3, -0.25) is 14.5 Å². The van der Waals surface area contributed by atoms with E-state index in [1.54, 1.807) is 23.1 Å². The molecule has 1 saturated heterocycles. The average Bonchev–Trinajstić information content (AvgIpc) is 2.68. The largest absolute Gasteiger partial charge is 0.351 e. The highest BCUT2D eigenvalue weighted by atomic mass is 35.5. The number of halogens is 3. The van der Waals surface area contributed by atoms with Crippen LogP contribution in [0.1, 0.15) is 20.7 Å². The van der Waals surface area contributed by atoms with Crippen molar-refractivity contribution >= 4 is 35.0 Å². The van der Waals surface area contributed by atoms with Crippen molar-refractivity contribution in [1.29, 1.82) is 0 Å². The number of carbonyl (C=O) groups is 2. The molecule has 0 bridgehead atoms. The highest BCUT2D eigenvalue weighted by Crippen LogP contribution is 2.22. The molecule has 1 aliphatic heterocycles. The average molecular weight is 424 g/mol. The highest BCUT2D eigenvalue weighted by molar-refractivity contribution is 6.36. The zero-order valence-corrected chi connectivity index (χ0v) is 16.6. The lowest BCUT2D eigenvalue weighted by molar-refractivity contribution is 0.0638. The Morgan fingerprint density at radius 2 is 1.68 bits per heavy atom. The summed E-state index contributed by atoms with van der Waals surface area (Å²) < 4.78 is 12.9. The minimum atomic E-state index is -0.371. The lowest BCUT2D eigenvalue weighted by atomic mass is 10.1. The second-order valence-electron chi connectivity index (χ2n) is 6.52. The summed E-state index contributed by atoms with van der Waals surface area (Å²) in [6, 6.07) is 10.3. The van der Waals surface area contributed by atoms with Crippen LogP contribution in [0.3, 0.4) is 0 Å². The van der Waals surface area contributed by atoms with Gasteiger partial charge in [-0.25, -0.2) is 4.39 Å². The lowest BCUT2D eigenvalue weighted by Gasteiger charge is -2.34. The van der Waals surface area contributed by atoms with E-state index in [2.05, 4.69) is 10.2 Å². The zero-order chi connectivity index (χ0) is 20.1. The molecule has 1 fully saturated rings. The molecular formula is C20H20Cl2FN3O2. The van der Waals surface area contributed by atoms with Crippen molar-refractivity contribution < 1.29 is 14.0 Å². The van der Waals surface area contributed by atoms with E-state index < -0.39 is 0 Å². The number of carbonyl (C=O) groups excluding carboxylic acids is 2. The summed E-state index contributed by atoms with van der Waals surface area (Å²) >= 11 is 12.0. The van der Waals surface area contributed by atoms with Crippen LogP contribution in [0.15, 0.2) is 42.5 Å². The third-order valence-electron chi connectivity index (χ3n) is 4.64. The Morgan fingerprint density at radius 1 is 1.00 bits per heavy atom. The van der Waals surface area contributed by atoms with Gasteiger partial charge in [0.2, 0.25) is 0 Å². The molecule has 0 saturated carbocycles. The maximum Gasteiger partial charge on any atom is 0.255 e. The molecule has 0 radical (unpaired) electrons. The van der Waals surface area contributed by atoms with Crippen LogP contribution in [-0.4, -0.2) is 60.9 Å². The molecule has 0 unspecified atom stereocenters. The molecule has 0 aliphatic carbocycles. The van der Waals surface area contributed by atoms with Crippen LogP contribution in [-0.2, 0) is 0 Å². The van der Waals surface area contributed by atoms with E-state index in [0.717, 1.165) is 0 Å². The molecule has 3 rings (SSSR count). The summed E-state index contributed by atoms with van der Waals surface area (Å²) in [5.41, 5.74) is 0.878. The SMILES string of the molecule is O=C(NCCN1CCN(C(=O)c2ccc(Cl)cc2Cl)CC1)c1ccc(F)cc1. The van der Waals surface area contributed by atoms with Crippen molar-refractivity contribution in [3.63, 3.8) is 0 Å². The number of rotatable bonds is 5. The normalized spacial score (nSPS) is 14.8. The molecule has 0 spiro atoms. The highest BCUT2D eigenvalue weighted by Gasteiger charge is 2.23. The van der Waals surface area contributed by atoms with E-state index in [4.69, 9.17) is 23.2 Å². The van der Waals surface area contributed by atoms with Crippen LogP contribution in [0.4, 0.5) is 4.39 Å². The number of piperazine rings is 1. The number of amides is 2. The number of hydrogen-bond acceptors (Lipinski definition) is 3. The van der Waals surface area contributed by atoms with Gasteiger partial charge in [0.1, 0.15) is 5.82 Å². The van der Waals surface area contributed by atoms with Crippen molar-refractivity contribution in [1.82, 2.24) is 15.1 Å². The van der Waals surface area contributed by atoms with Crippen LogP contribution in [0.5, 0.6) is 0 Å². The molecule has 0 aromatic heterocycles. The van der Waals surface area contributed by atoms with Crippen molar-refractivity contribution in [2.24, 2.45) is 0 Å². The molecule has 2 aromatic rings. The standard InChI is InChI=1S/C20H20Cl2FN3O2/c21-15-3-6-17(18(22)13-15)20(28)26-11-9-25(10-12-26)8-7-24-19(27)14-1-4-16(23)5-2-14/h1-6,13H,7-12H2,(H,24,27). The van der Waals surface area contributed by atoms with Gasteiger partial charge >= 0.3 is 0 Å². The summed E-state index contributed by atoms with van der Waals surface area (Å²) in [4.78, 5) is 28.6. The molecule has 148 valence electrons. The molecular weight excluding hydrogens is 404 g/mol. The van der Waals surface area contributed by atoms with Crippen molar-refractivity contribution in [2.45, 2.75) is 0 Å². The van der Waals surface area contributed by atoms with Crippen LogP contribution < -0.4 is 5.32 Å². The first-order valence-electron chi connectivity index (χ1n) is 8.94. The first kappa shape index (κ1) is 20.6. The van der Waals surface area contributed by atoms with Gasteiger partial charge in [-0.1, -0.05) is 23.2 Å². The molecule has 2 aromatic carbocycles. The van der Waals surface area contributed by atoms with E-state index in [1.807, 2.05) is 0 Å². The molecule has 1 aliphatic rings. The molecule has 28 heavy (non-hydrogen) atoms. The Balaban J connectivity index is 1.43. The third-order valence-corrected chi connectivity index (χ3v) is 5.19. The molecule has 1 N–H and O–H groups in total. The van der Waals surface area contributed by atoms with Crippen molar-refractivity contribution in [2.75, 3.05) is 39.3 Å². The molecule has 0 atom stereocenters. The zero-order valence-electron chi connectivity index (χ0n) is 15.1. The smallest absolute Gasteiger partial charge is 0.255 e. The van der Waals surface area contributed by atoms with Gasteiger partial charge in [0, 0.05) is 49.9 Å². The maximum atomic E-state index is 12.9. The Labute approximate surface area is 173 Å². The molecule has 8 heteroatoms. The van der Waals surface area contributed by atoms with Gasteiger partial charge in [-0.15, -0.1) is 0 Å². The lowest BCUT2D eigenvalue weighted by Crippen LogP contribution is -2.50. The van der Waals surface area contributed by atoms with Gasteiger partial charge in [0.15, 0.2) is 0 Å². The number of nitrogens with one attached hydrogen (secondary N) is 1. The summed E-state index contributed by atoms with van der Waals surface area (Å²) in [5.74, 6) is -0.707. The van der Waals surface area contributed by atoms with Gasteiger partial charge in [-0.05, 0) is 42.5 Å². The minimum Gasteiger partial charge on any atom is -0.351 e. The predicted octanol–water partition coefficient (Wildman–Crippen LogP) is 3.32. The van der Waals surface area contributed by atoms with Crippen LogP contribution >= 0.6 is 23.2 Å². The van der Waals surface area contributed by atoms with Gasteiger partial charge < -0.3 is 10.2 Å². The fraction of sp³-hybridized carbons (Fsp3) is 0.300. The summed E-state index contributed by atoms with van der Waals surface area (Å²) in [5, 5.41) is 3.67. The monoisotopic (exact) mass is 423 g/mol. The Morgan fingerprint density at radius 3 is 2.32 bits per heavy atom. The van der Waals surface area contributed by atoms with E-state index in [0.29, 0.717) is 60.4 Å². The topological polar surface area (TPSA) is 52.7 Å². The predicted molar refractivity (Wildman–Crippen MR) is 108 cm³/mol. The Bertz CT molecular complexity index is 853. The summed E-state index contributed by atoms with van der Waals surface area (Å²) in [7, 11) is 0. The van der Waals surface area contributed by atoms with Crippen molar-refractivity contribution in [3.8, 4) is 0 Å². The second kappa shape index (κ2) is 9.37. The van der Waals surface area contributed by atoms with E-state index in [1.165, 1.54) is 24.3 Å². The Hall–Kier alpha value is -2.15. The minimum absolute atomic E-state index is 0.106. The van der Waals surface area contributed by atoms with Gasteiger partial charge in [0.05, 0.1) is 10.6 Å². The molecule has 2 amide bonds. The van der Waals surface area contributed by atoms with E-state index in [-0.39, 0.29) is 17.6 Å². The van der Waals surface area contributed by atoms with Crippen LogP contribution in [0, 0.1) is 5.82 Å². The van der Waals surface area contributed by atoms with Crippen LogP contribution in [0.2, 0.25) is 10.0 Å². The number of nitrogens with zero attached hydrogens (tertiary/aromatic N) is 2. The fourth-order valence-corrected chi connectivity index (χ4v) is 3.53. The van der Waals surface area contributed by atoms with Crippen molar-refractivity contribution in [3.05, 3.63) is 69.5 Å². The quantitative estimate of drug-likeness (QED) is 0.802. The third kappa shape index (κ3) is 5.22. The first-order valence-corrected chi connectivity index (χ1v) is 9.70. The first-order chi connectivity index (χ1) is 13.4. The maximum absolute atomic E-state index is 12.9.